The van der Waals surface area contributed by atoms with Crippen LogP contribution >= 0.6 is 11.6 Å². The second kappa shape index (κ2) is 6.08. The van der Waals surface area contributed by atoms with Crippen LogP contribution in [0.5, 0.6) is 0 Å². The molecule has 0 atom stereocenters. The highest BCUT2D eigenvalue weighted by Crippen LogP contribution is 2.35. The monoisotopic (exact) mass is 308 g/mol. The van der Waals surface area contributed by atoms with E-state index in [1.165, 1.54) is 6.92 Å². The molecule has 0 radical (unpaired) electrons. The molecule has 3 aromatic rings. The molecule has 0 aliphatic rings. The van der Waals surface area contributed by atoms with Crippen LogP contribution in [0.1, 0.15) is 17.3 Å². The van der Waals surface area contributed by atoms with Crippen molar-refractivity contribution in [2.24, 2.45) is 0 Å². The lowest BCUT2D eigenvalue weighted by Gasteiger charge is -2.13. The smallest absolute Gasteiger partial charge is 0.163 e. The van der Waals surface area contributed by atoms with Crippen LogP contribution in [-0.2, 0) is 0 Å². The average Bonchev–Trinajstić information content (AvgIpc) is 2.56. The largest absolute Gasteiger partial charge is 0.294 e. The third-order valence-electron chi connectivity index (χ3n) is 3.39. The lowest BCUT2D eigenvalue weighted by molar-refractivity contribution is 0.101. The SMILES string of the molecule is CC(=O)c1c(Cl)nnc(-c2ccccc2)c1-c1ccccc1. The predicted molar refractivity (Wildman–Crippen MR) is 87.9 cm³/mol. The minimum absolute atomic E-state index is 0.129. The number of nitrogens with zero attached hydrogens (tertiary/aromatic N) is 2. The van der Waals surface area contributed by atoms with Crippen molar-refractivity contribution in [3.63, 3.8) is 0 Å². The van der Waals surface area contributed by atoms with Crippen molar-refractivity contribution in [3.05, 3.63) is 71.4 Å². The van der Waals surface area contributed by atoms with Crippen LogP contribution in [0.25, 0.3) is 22.4 Å². The van der Waals surface area contributed by atoms with Gasteiger partial charge in [-0.1, -0.05) is 72.3 Å². The molecule has 0 spiro atoms. The first-order valence-electron chi connectivity index (χ1n) is 6.86. The molecule has 4 heteroatoms. The zero-order valence-corrected chi connectivity index (χ0v) is 12.7. The summed E-state index contributed by atoms with van der Waals surface area (Å²) in [4.78, 5) is 12.1. The number of benzene rings is 2. The topological polar surface area (TPSA) is 42.9 Å². The number of hydrogen-bond acceptors (Lipinski definition) is 3. The van der Waals surface area contributed by atoms with Crippen molar-refractivity contribution in [1.82, 2.24) is 10.2 Å². The van der Waals surface area contributed by atoms with E-state index < -0.39 is 0 Å². The average molecular weight is 309 g/mol. The molecule has 0 bridgehead atoms. The summed E-state index contributed by atoms with van der Waals surface area (Å²) in [5.41, 5.74) is 3.57. The normalized spacial score (nSPS) is 10.5. The first kappa shape index (κ1) is 14.4. The first-order valence-corrected chi connectivity index (χ1v) is 7.24. The highest BCUT2D eigenvalue weighted by Gasteiger charge is 2.21. The fourth-order valence-corrected chi connectivity index (χ4v) is 2.69. The van der Waals surface area contributed by atoms with Crippen LogP contribution in [-0.4, -0.2) is 16.0 Å². The van der Waals surface area contributed by atoms with Gasteiger partial charge in [-0.05, 0) is 12.5 Å². The molecule has 108 valence electrons. The van der Waals surface area contributed by atoms with Crippen molar-refractivity contribution in [2.45, 2.75) is 6.92 Å². The fraction of sp³-hybridized carbons (Fsp3) is 0.0556. The van der Waals surface area contributed by atoms with Gasteiger partial charge in [-0.2, -0.15) is 0 Å². The molecule has 0 fully saturated rings. The molecular formula is C18H13ClN2O. The standard InChI is InChI=1S/C18H13ClN2O/c1-12(22)15-16(13-8-4-2-5-9-13)17(20-21-18(15)19)14-10-6-3-7-11-14/h2-11H,1H3. The van der Waals surface area contributed by atoms with Gasteiger partial charge in [0.1, 0.15) is 5.69 Å². The number of rotatable bonds is 3. The zero-order valence-electron chi connectivity index (χ0n) is 12.0. The van der Waals surface area contributed by atoms with Crippen LogP contribution in [0.2, 0.25) is 5.15 Å². The van der Waals surface area contributed by atoms with Gasteiger partial charge in [0.05, 0.1) is 5.56 Å². The Bertz CT molecular complexity index is 817. The number of carbonyl (C=O) groups excluding carboxylic acids is 1. The van der Waals surface area contributed by atoms with Gasteiger partial charge in [0.15, 0.2) is 10.9 Å². The Balaban J connectivity index is 2.37. The van der Waals surface area contributed by atoms with Crippen molar-refractivity contribution in [3.8, 4) is 22.4 Å². The quantitative estimate of drug-likeness (QED) is 0.660. The summed E-state index contributed by atoms with van der Waals surface area (Å²) in [5, 5.41) is 8.32. The number of halogens is 1. The molecule has 1 heterocycles. The van der Waals surface area contributed by atoms with Crippen LogP contribution in [0, 0.1) is 0 Å². The Morgan fingerprint density at radius 1 is 0.864 bits per heavy atom. The molecule has 3 rings (SSSR count). The molecule has 0 saturated heterocycles. The Hall–Kier alpha value is -2.52. The third kappa shape index (κ3) is 2.63. The van der Waals surface area contributed by atoms with Crippen molar-refractivity contribution in [1.29, 1.82) is 0 Å². The fourth-order valence-electron chi connectivity index (χ4n) is 2.42. The minimum Gasteiger partial charge on any atom is -0.294 e. The van der Waals surface area contributed by atoms with E-state index in [1.807, 2.05) is 60.7 Å². The summed E-state index contributed by atoms with van der Waals surface area (Å²) in [6.07, 6.45) is 0. The van der Waals surface area contributed by atoms with Gasteiger partial charge in [0, 0.05) is 11.1 Å². The van der Waals surface area contributed by atoms with E-state index in [-0.39, 0.29) is 10.9 Å². The maximum atomic E-state index is 12.1. The molecule has 0 aliphatic carbocycles. The molecule has 0 unspecified atom stereocenters. The second-order valence-corrected chi connectivity index (χ2v) is 5.24. The van der Waals surface area contributed by atoms with Gasteiger partial charge in [-0.15, -0.1) is 10.2 Å². The number of hydrogen-bond donors (Lipinski definition) is 0. The molecule has 0 saturated carbocycles. The zero-order chi connectivity index (χ0) is 15.5. The molecule has 3 nitrogen and oxygen atoms in total. The summed E-state index contributed by atoms with van der Waals surface area (Å²) < 4.78 is 0. The summed E-state index contributed by atoms with van der Waals surface area (Å²) in [7, 11) is 0. The predicted octanol–water partition coefficient (Wildman–Crippen LogP) is 4.67. The van der Waals surface area contributed by atoms with E-state index >= 15 is 0 Å². The first-order chi connectivity index (χ1) is 10.7. The van der Waals surface area contributed by atoms with Gasteiger partial charge < -0.3 is 0 Å². The van der Waals surface area contributed by atoms with Gasteiger partial charge in [0.25, 0.3) is 0 Å². The number of ketones is 1. The van der Waals surface area contributed by atoms with Crippen LogP contribution in [0.3, 0.4) is 0 Å². The van der Waals surface area contributed by atoms with Crippen molar-refractivity contribution < 1.29 is 4.79 Å². The summed E-state index contributed by atoms with van der Waals surface area (Å²) >= 11 is 6.14. The maximum Gasteiger partial charge on any atom is 0.163 e. The summed E-state index contributed by atoms with van der Waals surface area (Å²) in [5.74, 6) is -0.129. The molecule has 0 N–H and O–H groups in total. The van der Waals surface area contributed by atoms with E-state index in [0.29, 0.717) is 11.3 Å². The second-order valence-electron chi connectivity index (χ2n) is 4.88. The summed E-state index contributed by atoms with van der Waals surface area (Å²) in [6.45, 7) is 1.49. The van der Waals surface area contributed by atoms with Crippen LogP contribution < -0.4 is 0 Å². The molecule has 0 amide bonds. The maximum absolute atomic E-state index is 12.1. The molecule has 22 heavy (non-hydrogen) atoms. The lowest BCUT2D eigenvalue weighted by atomic mass is 9.94. The molecule has 0 aliphatic heterocycles. The van der Waals surface area contributed by atoms with E-state index in [4.69, 9.17) is 11.6 Å². The molecular weight excluding hydrogens is 296 g/mol. The van der Waals surface area contributed by atoms with Crippen molar-refractivity contribution >= 4 is 17.4 Å². The minimum atomic E-state index is -0.129. The highest BCUT2D eigenvalue weighted by atomic mass is 35.5. The number of carbonyl (C=O) groups is 1. The van der Waals surface area contributed by atoms with Gasteiger partial charge >= 0.3 is 0 Å². The van der Waals surface area contributed by atoms with E-state index in [0.717, 1.165) is 16.7 Å². The third-order valence-corrected chi connectivity index (χ3v) is 3.66. The lowest BCUT2D eigenvalue weighted by Crippen LogP contribution is -2.04. The highest BCUT2D eigenvalue weighted by molar-refractivity contribution is 6.33. The Labute approximate surface area is 133 Å². The van der Waals surface area contributed by atoms with Crippen molar-refractivity contribution in [2.75, 3.05) is 0 Å². The van der Waals surface area contributed by atoms with Crippen LogP contribution in [0.15, 0.2) is 60.7 Å². The van der Waals surface area contributed by atoms with Crippen LogP contribution in [0.4, 0.5) is 0 Å². The van der Waals surface area contributed by atoms with Gasteiger partial charge in [0.2, 0.25) is 0 Å². The Morgan fingerprint density at radius 3 is 1.95 bits per heavy atom. The Kier molecular flexibility index (Phi) is 3.98. The number of aromatic nitrogens is 2. The van der Waals surface area contributed by atoms with Gasteiger partial charge in [-0.25, -0.2) is 0 Å². The van der Waals surface area contributed by atoms with E-state index in [9.17, 15) is 4.79 Å². The molecule has 1 aromatic heterocycles. The Morgan fingerprint density at radius 2 is 1.41 bits per heavy atom. The van der Waals surface area contributed by atoms with E-state index in [2.05, 4.69) is 10.2 Å². The van der Waals surface area contributed by atoms with E-state index in [1.54, 1.807) is 0 Å². The van der Waals surface area contributed by atoms with Gasteiger partial charge in [-0.3, -0.25) is 4.79 Å². The molecule has 2 aromatic carbocycles. The number of Topliss-reactive ketones (excluding diaryl/α,β-unsaturated/α-hetero) is 1. The summed E-state index contributed by atoms with van der Waals surface area (Å²) in [6, 6.07) is 19.3.